The molecule has 6 heteroatoms. The van der Waals surface area contributed by atoms with Crippen LogP contribution in [0, 0.1) is 0 Å². The zero-order valence-electron chi connectivity index (χ0n) is 13.8. The predicted molar refractivity (Wildman–Crippen MR) is 88.1 cm³/mol. The minimum atomic E-state index is -0.317. The van der Waals surface area contributed by atoms with E-state index in [1.807, 2.05) is 41.0 Å². The SMILES string of the molecule is COc1ccc(CC(=O)N2CCCN(C(C)C(N)=O)CC2)cc1. The molecule has 1 aromatic carbocycles. The molecule has 0 spiro atoms. The lowest BCUT2D eigenvalue weighted by Gasteiger charge is -2.25. The van der Waals surface area contributed by atoms with Gasteiger partial charge < -0.3 is 15.4 Å². The van der Waals surface area contributed by atoms with E-state index in [0.29, 0.717) is 19.5 Å². The van der Waals surface area contributed by atoms with Gasteiger partial charge in [-0.25, -0.2) is 0 Å². The summed E-state index contributed by atoms with van der Waals surface area (Å²) in [5, 5.41) is 0. The third kappa shape index (κ3) is 4.69. The number of carbonyl (C=O) groups is 2. The molecule has 23 heavy (non-hydrogen) atoms. The van der Waals surface area contributed by atoms with Crippen molar-refractivity contribution in [3.63, 3.8) is 0 Å². The van der Waals surface area contributed by atoms with Gasteiger partial charge in [0.05, 0.1) is 19.6 Å². The lowest BCUT2D eigenvalue weighted by Crippen LogP contribution is -2.44. The van der Waals surface area contributed by atoms with E-state index in [1.54, 1.807) is 7.11 Å². The number of nitrogens with zero attached hydrogens (tertiary/aromatic N) is 2. The first-order valence-electron chi connectivity index (χ1n) is 7.95. The Morgan fingerprint density at radius 3 is 2.48 bits per heavy atom. The number of amides is 2. The zero-order chi connectivity index (χ0) is 16.8. The third-order valence-electron chi connectivity index (χ3n) is 4.36. The lowest BCUT2D eigenvalue weighted by molar-refractivity contribution is -0.130. The van der Waals surface area contributed by atoms with E-state index in [4.69, 9.17) is 10.5 Å². The second-order valence-electron chi connectivity index (χ2n) is 5.87. The molecule has 1 aliphatic heterocycles. The van der Waals surface area contributed by atoms with Crippen LogP contribution in [0.15, 0.2) is 24.3 Å². The van der Waals surface area contributed by atoms with E-state index >= 15 is 0 Å². The summed E-state index contributed by atoms with van der Waals surface area (Å²) in [5.41, 5.74) is 6.34. The van der Waals surface area contributed by atoms with Gasteiger partial charge in [0.15, 0.2) is 0 Å². The Labute approximate surface area is 137 Å². The summed E-state index contributed by atoms with van der Waals surface area (Å²) in [7, 11) is 1.62. The number of carbonyl (C=O) groups excluding carboxylic acids is 2. The van der Waals surface area contributed by atoms with Crippen LogP contribution in [0.4, 0.5) is 0 Å². The summed E-state index contributed by atoms with van der Waals surface area (Å²) >= 11 is 0. The molecule has 1 saturated heterocycles. The maximum atomic E-state index is 12.5. The maximum Gasteiger partial charge on any atom is 0.234 e. The molecule has 1 aliphatic rings. The van der Waals surface area contributed by atoms with Crippen LogP contribution in [-0.2, 0) is 16.0 Å². The van der Waals surface area contributed by atoms with Crippen molar-refractivity contribution < 1.29 is 14.3 Å². The molecule has 0 bridgehead atoms. The molecule has 1 atom stereocenters. The minimum absolute atomic E-state index is 0.115. The van der Waals surface area contributed by atoms with Crippen LogP contribution < -0.4 is 10.5 Å². The Morgan fingerprint density at radius 1 is 1.17 bits per heavy atom. The summed E-state index contributed by atoms with van der Waals surface area (Å²) in [4.78, 5) is 27.7. The summed E-state index contributed by atoms with van der Waals surface area (Å²) in [6, 6.07) is 7.26. The quantitative estimate of drug-likeness (QED) is 0.864. The van der Waals surface area contributed by atoms with Gasteiger partial charge in [0.2, 0.25) is 11.8 Å². The minimum Gasteiger partial charge on any atom is -0.497 e. The average molecular weight is 319 g/mol. The number of rotatable bonds is 5. The zero-order valence-corrected chi connectivity index (χ0v) is 13.8. The highest BCUT2D eigenvalue weighted by atomic mass is 16.5. The average Bonchev–Trinajstić information content (AvgIpc) is 2.80. The van der Waals surface area contributed by atoms with Crippen molar-refractivity contribution in [1.82, 2.24) is 9.80 Å². The van der Waals surface area contributed by atoms with Crippen molar-refractivity contribution in [2.75, 3.05) is 33.3 Å². The van der Waals surface area contributed by atoms with Gasteiger partial charge in [-0.05, 0) is 31.0 Å². The molecule has 0 aromatic heterocycles. The largest absolute Gasteiger partial charge is 0.497 e. The van der Waals surface area contributed by atoms with E-state index in [0.717, 1.165) is 30.8 Å². The fourth-order valence-corrected chi connectivity index (χ4v) is 2.78. The molecule has 126 valence electrons. The van der Waals surface area contributed by atoms with Gasteiger partial charge in [-0.2, -0.15) is 0 Å². The van der Waals surface area contributed by atoms with Gasteiger partial charge in [0.25, 0.3) is 0 Å². The molecule has 2 N–H and O–H groups in total. The van der Waals surface area contributed by atoms with Gasteiger partial charge in [0, 0.05) is 26.2 Å². The molecule has 2 amide bonds. The maximum absolute atomic E-state index is 12.5. The smallest absolute Gasteiger partial charge is 0.234 e. The van der Waals surface area contributed by atoms with Gasteiger partial charge in [0.1, 0.15) is 5.75 Å². The predicted octanol–water partition coefficient (Wildman–Crippen LogP) is 0.646. The monoisotopic (exact) mass is 319 g/mol. The molecule has 0 aliphatic carbocycles. The summed E-state index contributed by atoms with van der Waals surface area (Å²) < 4.78 is 5.12. The van der Waals surface area contributed by atoms with Crippen LogP contribution >= 0.6 is 0 Å². The Balaban J connectivity index is 1.91. The first-order chi connectivity index (χ1) is 11.0. The van der Waals surface area contributed by atoms with Crippen molar-refractivity contribution in [1.29, 1.82) is 0 Å². The van der Waals surface area contributed by atoms with E-state index in [9.17, 15) is 9.59 Å². The van der Waals surface area contributed by atoms with Crippen LogP contribution in [0.25, 0.3) is 0 Å². The van der Waals surface area contributed by atoms with Crippen molar-refractivity contribution >= 4 is 11.8 Å². The highest BCUT2D eigenvalue weighted by molar-refractivity contribution is 5.80. The Bertz CT molecular complexity index is 545. The summed E-state index contributed by atoms with van der Waals surface area (Å²) in [6.07, 6.45) is 1.24. The Hall–Kier alpha value is -2.08. The number of nitrogens with two attached hydrogens (primary N) is 1. The number of methoxy groups -OCH3 is 1. The van der Waals surface area contributed by atoms with Crippen LogP contribution in [-0.4, -0.2) is 60.9 Å². The van der Waals surface area contributed by atoms with E-state index in [2.05, 4.69) is 0 Å². The van der Waals surface area contributed by atoms with Crippen molar-refractivity contribution in [2.45, 2.75) is 25.8 Å². The van der Waals surface area contributed by atoms with Crippen LogP contribution in [0.2, 0.25) is 0 Å². The van der Waals surface area contributed by atoms with Gasteiger partial charge in [-0.3, -0.25) is 14.5 Å². The number of benzene rings is 1. The topological polar surface area (TPSA) is 75.9 Å². The second kappa shape index (κ2) is 7.97. The van der Waals surface area contributed by atoms with E-state index in [-0.39, 0.29) is 17.9 Å². The molecule has 1 aromatic rings. The lowest BCUT2D eigenvalue weighted by atomic mass is 10.1. The Morgan fingerprint density at radius 2 is 1.87 bits per heavy atom. The summed E-state index contributed by atoms with van der Waals surface area (Å²) in [5.74, 6) is 0.582. The number of hydrogen-bond donors (Lipinski definition) is 1. The number of primary amides is 1. The van der Waals surface area contributed by atoms with E-state index < -0.39 is 0 Å². The molecule has 1 fully saturated rings. The normalized spacial score (nSPS) is 17.4. The van der Waals surface area contributed by atoms with Gasteiger partial charge >= 0.3 is 0 Å². The molecule has 1 unspecified atom stereocenters. The van der Waals surface area contributed by atoms with Crippen LogP contribution in [0.1, 0.15) is 18.9 Å². The van der Waals surface area contributed by atoms with Crippen molar-refractivity contribution in [2.24, 2.45) is 5.73 Å². The molecule has 0 saturated carbocycles. The Kier molecular flexibility index (Phi) is 5.98. The number of hydrogen-bond acceptors (Lipinski definition) is 4. The van der Waals surface area contributed by atoms with Crippen LogP contribution in [0.5, 0.6) is 5.75 Å². The fourth-order valence-electron chi connectivity index (χ4n) is 2.78. The molecule has 0 radical (unpaired) electrons. The first kappa shape index (κ1) is 17.3. The third-order valence-corrected chi connectivity index (χ3v) is 4.36. The summed E-state index contributed by atoms with van der Waals surface area (Å²) in [6.45, 7) is 4.63. The molecular weight excluding hydrogens is 294 g/mol. The molecular formula is C17H25N3O3. The van der Waals surface area contributed by atoms with Crippen molar-refractivity contribution in [3.05, 3.63) is 29.8 Å². The fraction of sp³-hybridized carbons (Fsp3) is 0.529. The molecule has 1 heterocycles. The second-order valence-corrected chi connectivity index (χ2v) is 5.87. The van der Waals surface area contributed by atoms with E-state index in [1.165, 1.54) is 0 Å². The number of ether oxygens (including phenoxy) is 1. The highest BCUT2D eigenvalue weighted by Gasteiger charge is 2.24. The molecule has 2 rings (SSSR count). The van der Waals surface area contributed by atoms with Crippen molar-refractivity contribution in [3.8, 4) is 5.75 Å². The van der Waals surface area contributed by atoms with Gasteiger partial charge in [-0.15, -0.1) is 0 Å². The highest BCUT2D eigenvalue weighted by Crippen LogP contribution is 2.13. The standard InChI is InChI=1S/C17H25N3O3/c1-13(17(18)22)19-8-3-9-20(11-10-19)16(21)12-14-4-6-15(23-2)7-5-14/h4-7,13H,3,8-12H2,1-2H3,(H2,18,22). The molecule has 6 nitrogen and oxygen atoms in total. The van der Waals surface area contributed by atoms with Gasteiger partial charge in [-0.1, -0.05) is 12.1 Å². The first-order valence-corrected chi connectivity index (χ1v) is 7.95. The van der Waals surface area contributed by atoms with Crippen LogP contribution in [0.3, 0.4) is 0 Å².